The minimum absolute atomic E-state index is 0.0381. The van der Waals surface area contributed by atoms with E-state index in [1.54, 1.807) is 11.2 Å². The number of nitrogens with one attached hydrogen (secondary N) is 1. The van der Waals surface area contributed by atoms with Crippen molar-refractivity contribution in [2.45, 2.75) is 32.2 Å². The van der Waals surface area contributed by atoms with Gasteiger partial charge < -0.3 is 4.74 Å². The minimum Gasteiger partial charge on any atom is -0.381 e. The normalized spacial score (nSPS) is 28.9. The molecular weight excluding hydrogens is 268 g/mol. The molecule has 3 aliphatic heterocycles. The Kier molecular flexibility index (Phi) is 2.92. The summed E-state index contributed by atoms with van der Waals surface area (Å²) in [4.78, 5) is 13.0. The van der Waals surface area contributed by atoms with Crippen molar-refractivity contribution in [3.63, 3.8) is 0 Å². The molecule has 0 radical (unpaired) electrons. The fourth-order valence-corrected chi connectivity index (χ4v) is 3.48. The first-order chi connectivity index (χ1) is 10.3. The molecule has 1 fully saturated rings. The Hall–Kier alpha value is -1.95. The summed E-state index contributed by atoms with van der Waals surface area (Å²) in [5, 5.41) is 10.5. The molecule has 6 heteroatoms. The number of rotatable bonds is 1. The van der Waals surface area contributed by atoms with E-state index in [2.05, 4.69) is 22.6 Å². The average molecular weight is 286 g/mol. The van der Waals surface area contributed by atoms with Crippen LogP contribution < -0.4 is 5.43 Å². The van der Waals surface area contributed by atoms with Gasteiger partial charge in [-0.3, -0.25) is 10.2 Å². The quantitative estimate of drug-likeness (QED) is 0.787. The molecule has 4 rings (SSSR count). The van der Waals surface area contributed by atoms with Crippen molar-refractivity contribution in [1.29, 1.82) is 0 Å². The first-order valence-corrected chi connectivity index (χ1v) is 7.48. The van der Waals surface area contributed by atoms with E-state index in [4.69, 9.17) is 4.74 Å². The average Bonchev–Trinajstić information content (AvgIpc) is 2.76. The van der Waals surface area contributed by atoms with Crippen molar-refractivity contribution in [2.75, 3.05) is 13.2 Å². The predicted molar refractivity (Wildman–Crippen MR) is 78.6 cm³/mol. The second-order valence-electron chi connectivity index (χ2n) is 5.92. The lowest BCUT2D eigenvalue weighted by molar-refractivity contribution is -0.131. The molecule has 0 saturated carbocycles. The maximum Gasteiger partial charge on any atom is 0.271 e. The molecule has 0 spiro atoms. The monoisotopic (exact) mass is 286 g/mol. The van der Waals surface area contributed by atoms with Gasteiger partial charge in [-0.05, 0) is 25.2 Å². The van der Waals surface area contributed by atoms with Gasteiger partial charge >= 0.3 is 0 Å². The van der Waals surface area contributed by atoms with E-state index in [9.17, 15) is 4.79 Å². The molecule has 1 unspecified atom stereocenters. The van der Waals surface area contributed by atoms with Crippen LogP contribution in [0.15, 0.2) is 33.1 Å². The second-order valence-corrected chi connectivity index (χ2v) is 5.92. The zero-order valence-corrected chi connectivity index (χ0v) is 12.0. The number of carbonyl (C=O) groups excluding carboxylic acids is 1. The molecule has 21 heavy (non-hydrogen) atoms. The predicted octanol–water partition coefficient (Wildman–Crippen LogP) is 1.17. The highest BCUT2D eigenvalue weighted by Crippen LogP contribution is 2.38. The second kappa shape index (κ2) is 4.80. The highest BCUT2D eigenvalue weighted by molar-refractivity contribution is 6.20. The van der Waals surface area contributed by atoms with Crippen molar-refractivity contribution < 1.29 is 9.53 Å². The van der Waals surface area contributed by atoms with E-state index in [0.717, 1.165) is 41.7 Å². The van der Waals surface area contributed by atoms with Crippen LogP contribution in [0.5, 0.6) is 0 Å². The molecule has 1 amide bonds. The van der Waals surface area contributed by atoms with E-state index < -0.39 is 0 Å². The summed E-state index contributed by atoms with van der Waals surface area (Å²) in [5.41, 5.74) is 6.71. The van der Waals surface area contributed by atoms with Gasteiger partial charge in [0, 0.05) is 36.1 Å². The molecule has 0 aromatic rings. The molecule has 1 atom stereocenters. The summed E-state index contributed by atoms with van der Waals surface area (Å²) in [6, 6.07) is 0.137. The molecule has 1 N–H and O–H groups in total. The van der Waals surface area contributed by atoms with Crippen LogP contribution in [0.25, 0.3) is 0 Å². The zero-order chi connectivity index (χ0) is 14.4. The smallest absolute Gasteiger partial charge is 0.271 e. The standard InChI is InChI=1S/C15H18N4O2/c1-9-6-12-14-10(7-16-18-12)8-17-19(15(20)13(9)14)11-2-4-21-5-3-11/h7-9,11,16H,2-6H2,1H3. The number of carbonyl (C=O) groups is 1. The Balaban J connectivity index is 1.76. The van der Waals surface area contributed by atoms with Crippen LogP contribution in [-0.2, 0) is 9.53 Å². The molecule has 110 valence electrons. The third-order valence-corrected chi connectivity index (χ3v) is 4.55. The molecule has 0 aromatic heterocycles. The van der Waals surface area contributed by atoms with Gasteiger partial charge in [0.15, 0.2) is 0 Å². The minimum atomic E-state index is 0.0381. The summed E-state index contributed by atoms with van der Waals surface area (Å²) in [5.74, 6) is 0.231. The summed E-state index contributed by atoms with van der Waals surface area (Å²) >= 11 is 0. The molecule has 3 heterocycles. The fraction of sp³-hybridized carbons (Fsp3) is 0.533. The van der Waals surface area contributed by atoms with Crippen LogP contribution >= 0.6 is 0 Å². The largest absolute Gasteiger partial charge is 0.381 e. The van der Waals surface area contributed by atoms with Crippen molar-refractivity contribution in [3.8, 4) is 0 Å². The lowest BCUT2D eigenvalue weighted by Gasteiger charge is -2.30. The van der Waals surface area contributed by atoms with Gasteiger partial charge in [0.1, 0.15) is 0 Å². The van der Waals surface area contributed by atoms with Gasteiger partial charge in [-0.15, -0.1) is 0 Å². The third-order valence-electron chi connectivity index (χ3n) is 4.55. The SMILES string of the molecule is CC1CC2=NNC=C3C=NN(C4CCOCC4)C(=O)C1=C32. The number of allylic oxidation sites excluding steroid dienone is 2. The van der Waals surface area contributed by atoms with Crippen LogP contribution in [0.1, 0.15) is 26.2 Å². The first-order valence-electron chi connectivity index (χ1n) is 7.48. The lowest BCUT2D eigenvalue weighted by atomic mass is 9.98. The van der Waals surface area contributed by atoms with Gasteiger partial charge in [0.05, 0.1) is 18.0 Å². The molecule has 1 saturated heterocycles. The van der Waals surface area contributed by atoms with Crippen molar-refractivity contribution in [1.82, 2.24) is 10.4 Å². The van der Waals surface area contributed by atoms with Gasteiger partial charge in [0.2, 0.25) is 0 Å². The number of hydrogen-bond donors (Lipinski definition) is 1. The molecule has 1 aliphatic carbocycles. The zero-order valence-electron chi connectivity index (χ0n) is 12.0. The number of ether oxygens (including phenoxy) is 1. The van der Waals surface area contributed by atoms with E-state index in [1.807, 2.05) is 6.20 Å². The van der Waals surface area contributed by atoms with Crippen LogP contribution in [0.3, 0.4) is 0 Å². The molecule has 6 nitrogen and oxygen atoms in total. The van der Waals surface area contributed by atoms with Crippen LogP contribution in [0, 0.1) is 5.92 Å². The Morgan fingerprint density at radius 1 is 1.38 bits per heavy atom. The van der Waals surface area contributed by atoms with Crippen molar-refractivity contribution in [3.05, 3.63) is 22.9 Å². The highest BCUT2D eigenvalue weighted by atomic mass is 16.5. The third kappa shape index (κ3) is 1.93. The Labute approximate surface area is 123 Å². The first kappa shape index (κ1) is 12.8. The van der Waals surface area contributed by atoms with E-state index in [0.29, 0.717) is 13.2 Å². The number of hydrazone groups is 2. The van der Waals surface area contributed by atoms with Gasteiger partial charge in [-0.1, -0.05) is 6.92 Å². The van der Waals surface area contributed by atoms with Crippen LogP contribution in [0.4, 0.5) is 0 Å². The Morgan fingerprint density at radius 3 is 3.00 bits per heavy atom. The Morgan fingerprint density at radius 2 is 2.19 bits per heavy atom. The van der Waals surface area contributed by atoms with Crippen LogP contribution in [-0.4, -0.2) is 42.1 Å². The molecular formula is C15H18N4O2. The van der Waals surface area contributed by atoms with E-state index in [1.165, 1.54) is 0 Å². The van der Waals surface area contributed by atoms with Gasteiger partial charge in [0.25, 0.3) is 5.91 Å². The fourth-order valence-electron chi connectivity index (χ4n) is 3.48. The van der Waals surface area contributed by atoms with Gasteiger partial charge in [-0.2, -0.15) is 10.2 Å². The maximum absolute atomic E-state index is 13.0. The summed E-state index contributed by atoms with van der Waals surface area (Å²) < 4.78 is 5.39. The number of nitrogens with zero attached hydrogens (tertiary/aromatic N) is 3. The molecule has 0 aromatic carbocycles. The van der Waals surface area contributed by atoms with Crippen LogP contribution in [0.2, 0.25) is 0 Å². The molecule has 4 aliphatic rings. The van der Waals surface area contributed by atoms with E-state index in [-0.39, 0.29) is 17.9 Å². The summed E-state index contributed by atoms with van der Waals surface area (Å²) in [6.07, 6.45) is 6.11. The Bertz CT molecular complexity index is 611. The lowest BCUT2D eigenvalue weighted by Crippen LogP contribution is -2.40. The summed E-state index contributed by atoms with van der Waals surface area (Å²) in [7, 11) is 0. The molecule has 0 bridgehead atoms. The number of amides is 1. The number of hydrogen-bond acceptors (Lipinski definition) is 5. The van der Waals surface area contributed by atoms with Gasteiger partial charge in [-0.25, -0.2) is 5.01 Å². The highest BCUT2D eigenvalue weighted by Gasteiger charge is 2.40. The van der Waals surface area contributed by atoms with E-state index >= 15 is 0 Å². The summed E-state index contributed by atoms with van der Waals surface area (Å²) in [6.45, 7) is 3.48. The van der Waals surface area contributed by atoms with Crippen molar-refractivity contribution in [2.24, 2.45) is 16.1 Å². The topological polar surface area (TPSA) is 66.3 Å². The van der Waals surface area contributed by atoms with Crippen molar-refractivity contribution >= 4 is 17.8 Å². The maximum atomic E-state index is 13.0.